The lowest BCUT2D eigenvalue weighted by atomic mass is 10.5. The summed E-state index contributed by atoms with van der Waals surface area (Å²) in [5.74, 6) is 0. The van der Waals surface area contributed by atoms with Gasteiger partial charge in [-0.2, -0.15) is 0 Å². The van der Waals surface area contributed by atoms with Crippen LogP contribution in [0.2, 0.25) is 0 Å². The molecule has 0 saturated carbocycles. The van der Waals surface area contributed by atoms with Gasteiger partial charge >= 0.3 is 6.03 Å². The Morgan fingerprint density at radius 2 is 2.55 bits per heavy atom. The number of aliphatic hydroxyl groups excluding tert-OH is 1. The van der Waals surface area contributed by atoms with Crippen LogP contribution in [0.25, 0.3) is 0 Å². The summed E-state index contributed by atoms with van der Waals surface area (Å²) in [4.78, 5) is 14.1. The molecule has 0 aliphatic heterocycles. The minimum atomic E-state index is -1.02. The van der Waals surface area contributed by atoms with Crippen molar-refractivity contribution in [1.29, 1.82) is 0 Å². The fraction of sp³-hybridized carbons (Fsp3) is 0.429. The van der Waals surface area contributed by atoms with Crippen LogP contribution in [0.3, 0.4) is 0 Å². The number of hydrogen-bond acceptors (Lipinski definition) is 2. The number of aliphatic hydroxyl groups is 1. The molecule has 0 rings (SSSR count). The van der Waals surface area contributed by atoms with E-state index < -0.39 is 12.3 Å². The first kappa shape index (κ1) is 9.84. The van der Waals surface area contributed by atoms with Crippen molar-refractivity contribution in [2.45, 2.75) is 19.6 Å². The number of carbonyl (C=O) groups excluding carboxylic acids is 1. The molecule has 0 bridgehead atoms. The highest BCUT2D eigenvalue weighted by atomic mass is 16.3. The Morgan fingerprint density at radius 3 is 3.00 bits per heavy atom. The lowest BCUT2D eigenvalue weighted by Crippen LogP contribution is -2.30. The number of nitrogens with zero attached hydrogens (tertiary/aromatic N) is 1. The third-order valence-corrected chi connectivity index (χ3v) is 0.886. The van der Waals surface area contributed by atoms with Crippen molar-refractivity contribution in [3.05, 3.63) is 12.7 Å². The fourth-order valence-corrected chi connectivity index (χ4v) is 0.397. The molecule has 0 spiro atoms. The van der Waals surface area contributed by atoms with E-state index in [1.165, 1.54) is 12.3 Å². The van der Waals surface area contributed by atoms with Crippen LogP contribution in [-0.4, -0.2) is 23.6 Å². The van der Waals surface area contributed by atoms with Crippen molar-refractivity contribution in [2.75, 3.05) is 0 Å². The van der Waals surface area contributed by atoms with Crippen molar-refractivity contribution in [3.8, 4) is 0 Å². The van der Waals surface area contributed by atoms with E-state index in [0.717, 1.165) is 0 Å². The van der Waals surface area contributed by atoms with Crippen molar-refractivity contribution >= 4 is 12.2 Å². The largest absolute Gasteiger partial charge is 0.370 e. The Bertz CT molecular complexity index is 166. The molecular weight excluding hydrogens is 144 g/mol. The zero-order valence-corrected chi connectivity index (χ0v) is 6.45. The number of amides is 2. The van der Waals surface area contributed by atoms with E-state index in [1.807, 2.05) is 6.92 Å². The number of carbonyl (C=O) groups is 1. The summed E-state index contributed by atoms with van der Waals surface area (Å²) in [6.07, 6.45) is 2.35. The second kappa shape index (κ2) is 5.61. The Labute approximate surface area is 65.6 Å². The molecule has 0 radical (unpaired) electrons. The molecule has 1 unspecified atom stereocenters. The summed E-state index contributed by atoms with van der Waals surface area (Å²) in [7, 11) is 0. The van der Waals surface area contributed by atoms with Crippen molar-refractivity contribution in [1.82, 2.24) is 5.32 Å². The first-order chi connectivity index (χ1) is 5.20. The van der Waals surface area contributed by atoms with Gasteiger partial charge in [0.05, 0.1) is 0 Å². The minimum Gasteiger partial charge on any atom is -0.370 e. The number of nitrogens with one attached hydrogen (secondary N) is 1. The van der Waals surface area contributed by atoms with E-state index >= 15 is 0 Å². The van der Waals surface area contributed by atoms with Crippen LogP contribution in [0.15, 0.2) is 17.6 Å². The van der Waals surface area contributed by atoms with Crippen molar-refractivity contribution in [3.63, 3.8) is 0 Å². The van der Waals surface area contributed by atoms with Gasteiger partial charge in [0, 0.05) is 6.21 Å². The van der Waals surface area contributed by atoms with Crippen LogP contribution in [0.5, 0.6) is 0 Å². The maximum Gasteiger partial charge on any atom is 0.342 e. The van der Waals surface area contributed by atoms with Crippen molar-refractivity contribution < 1.29 is 9.90 Å². The average Bonchev–Trinajstić information content (AvgIpc) is 2.00. The molecule has 2 N–H and O–H groups in total. The van der Waals surface area contributed by atoms with Gasteiger partial charge < -0.3 is 10.4 Å². The molecule has 0 fully saturated rings. The van der Waals surface area contributed by atoms with Crippen LogP contribution in [0.4, 0.5) is 4.79 Å². The molecule has 0 aromatic heterocycles. The Morgan fingerprint density at radius 1 is 1.91 bits per heavy atom. The van der Waals surface area contributed by atoms with E-state index in [1.54, 1.807) is 0 Å². The lowest BCUT2D eigenvalue weighted by molar-refractivity contribution is 0.183. The van der Waals surface area contributed by atoms with E-state index in [9.17, 15) is 4.79 Å². The Balaban J connectivity index is 3.68. The lowest BCUT2D eigenvalue weighted by Gasteiger charge is -2.03. The summed E-state index contributed by atoms with van der Waals surface area (Å²) in [5.41, 5.74) is 0. The van der Waals surface area contributed by atoms with Crippen LogP contribution in [0, 0.1) is 0 Å². The second-order valence-electron chi connectivity index (χ2n) is 1.85. The predicted molar refractivity (Wildman–Crippen MR) is 43.5 cm³/mol. The SMILES string of the molecule is C=CC(O)NC(=O)N=CCC. The van der Waals surface area contributed by atoms with Crippen LogP contribution < -0.4 is 5.32 Å². The summed E-state index contributed by atoms with van der Waals surface area (Å²) >= 11 is 0. The van der Waals surface area contributed by atoms with Gasteiger partial charge in [0.15, 0.2) is 0 Å². The Kier molecular flexibility index (Phi) is 5.02. The molecule has 0 aromatic carbocycles. The molecule has 11 heavy (non-hydrogen) atoms. The third kappa shape index (κ3) is 5.29. The third-order valence-electron chi connectivity index (χ3n) is 0.886. The van der Waals surface area contributed by atoms with Gasteiger partial charge in [-0.3, -0.25) is 0 Å². The zero-order chi connectivity index (χ0) is 8.69. The molecule has 0 aromatic rings. The number of urea groups is 1. The maximum absolute atomic E-state index is 10.7. The van der Waals surface area contributed by atoms with Crippen LogP contribution in [-0.2, 0) is 0 Å². The second-order valence-corrected chi connectivity index (χ2v) is 1.85. The van der Waals surface area contributed by atoms with E-state index in [4.69, 9.17) is 5.11 Å². The van der Waals surface area contributed by atoms with E-state index in [0.29, 0.717) is 6.42 Å². The molecule has 0 aliphatic carbocycles. The molecule has 4 nitrogen and oxygen atoms in total. The van der Waals surface area contributed by atoms with Gasteiger partial charge in [-0.05, 0) is 12.5 Å². The number of rotatable bonds is 3. The smallest absolute Gasteiger partial charge is 0.342 e. The van der Waals surface area contributed by atoms with Crippen molar-refractivity contribution in [2.24, 2.45) is 4.99 Å². The maximum atomic E-state index is 10.7. The standard InChI is InChI=1S/C7H12N2O2/c1-3-5-8-7(11)9-6(10)4-2/h4-6,10H,2-3H2,1H3,(H,9,11). The van der Waals surface area contributed by atoms with Crippen LogP contribution >= 0.6 is 0 Å². The fourth-order valence-electron chi connectivity index (χ4n) is 0.397. The van der Waals surface area contributed by atoms with Gasteiger partial charge in [-0.1, -0.05) is 13.5 Å². The zero-order valence-electron chi connectivity index (χ0n) is 6.45. The molecule has 2 amide bonds. The summed E-state index contributed by atoms with van der Waals surface area (Å²) in [5, 5.41) is 11.0. The summed E-state index contributed by atoms with van der Waals surface area (Å²) < 4.78 is 0. The van der Waals surface area contributed by atoms with Gasteiger partial charge in [0.2, 0.25) is 0 Å². The first-order valence-corrected chi connectivity index (χ1v) is 3.34. The molecule has 4 heteroatoms. The van der Waals surface area contributed by atoms with Gasteiger partial charge in [0.1, 0.15) is 6.23 Å². The topological polar surface area (TPSA) is 61.7 Å². The quantitative estimate of drug-likeness (QED) is 0.358. The van der Waals surface area contributed by atoms with Gasteiger partial charge in [-0.25, -0.2) is 9.79 Å². The van der Waals surface area contributed by atoms with Gasteiger partial charge in [0.25, 0.3) is 0 Å². The summed E-state index contributed by atoms with van der Waals surface area (Å²) in [6, 6.07) is -0.556. The molecule has 1 atom stereocenters. The molecule has 62 valence electrons. The number of aliphatic imine (C=N–C) groups is 1. The predicted octanol–water partition coefficient (Wildman–Crippen LogP) is 0.681. The molecule has 0 aliphatic rings. The molecule has 0 saturated heterocycles. The molecule has 0 heterocycles. The highest BCUT2D eigenvalue weighted by Gasteiger charge is 2.00. The molecular formula is C7H12N2O2. The number of hydrogen-bond donors (Lipinski definition) is 2. The van der Waals surface area contributed by atoms with E-state index in [2.05, 4.69) is 16.9 Å². The first-order valence-electron chi connectivity index (χ1n) is 3.34. The minimum absolute atomic E-state index is 0.556. The van der Waals surface area contributed by atoms with Gasteiger partial charge in [-0.15, -0.1) is 0 Å². The summed E-state index contributed by atoms with van der Waals surface area (Å²) in [6.45, 7) is 5.14. The average molecular weight is 156 g/mol. The Hall–Kier alpha value is -1.16. The highest BCUT2D eigenvalue weighted by molar-refractivity contribution is 5.83. The highest BCUT2D eigenvalue weighted by Crippen LogP contribution is 1.80. The van der Waals surface area contributed by atoms with E-state index in [-0.39, 0.29) is 0 Å². The van der Waals surface area contributed by atoms with Crippen LogP contribution in [0.1, 0.15) is 13.3 Å². The monoisotopic (exact) mass is 156 g/mol. The normalized spacial score (nSPS) is 12.9.